The highest BCUT2D eigenvalue weighted by molar-refractivity contribution is 5.93. The van der Waals surface area contributed by atoms with E-state index in [1.54, 1.807) is 36.0 Å². The van der Waals surface area contributed by atoms with Gasteiger partial charge in [-0.1, -0.05) is 6.07 Å². The molecule has 2 rings (SSSR count). The number of ether oxygens (including phenoxy) is 2. The summed E-state index contributed by atoms with van der Waals surface area (Å²) in [4.78, 5) is 23.6. The second kappa shape index (κ2) is 7.69. The fourth-order valence-electron chi connectivity index (χ4n) is 2.40. The molecule has 1 unspecified atom stereocenters. The van der Waals surface area contributed by atoms with Gasteiger partial charge in [-0.25, -0.2) is 0 Å². The van der Waals surface area contributed by atoms with Gasteiger partial charge < -0.3 is 19.9 Å². The maximum absolute atomic E-state index is 12.4. The van der Waals surface area contributed by atoms with Crippen molar-refractivity contribution >= 4 is 11.9 Å². The van der Waals surface area contributed by atoms with Gasteiger partial charge in [0.15, 0.2) is 11.5 Å². The quantitative estimate of drug-likeness (QED) is 0.790. The first-order valence-corrected chi connectivity index (χ1v) is 7.61. The molecule has 0 radical (unpaired) electrons. The van der Waals surface area contributed by atoms with E-state index in [1.807, 2.05) is 6.92 Å². The lowest BCUT2D eigenvalue weighted by atomic mass is 10.0. The Balaban J connectivity index is 2.29. The summed E-state index contributed by atoms with van der Waals surface area (Å²) in [5.74, 6) is -0.493. The SMILES string of the molecule is COc1ccc(C(CC(=O)O)NC(=O)c2cc(C)n(C)n2)cc1OC. The largest absolute Gasteiger partial charge is 0.493 e. The standard InChI is InChI=1S/C17H21N3O5/c1-10-7-13(19-20(10)2)17(23)18-12(9-16(21)22)11-5-6-14(24-3)15(8-11)25-4/h5-8,12H,9H2,1-4H3,(H,18,23)(H,21,22). The molecule has 1 heterocycles. The van der Waals surface area contributed by atoms with Gasteiger partial charge in [0.05, 0.1) is 26.7 Å². The Morgan fingerprint density at radius 1 is 1.24 bits per heavy atom. The van der Waals surface area contributed by atoms with E-state index in [-0.39, 0.29) is 12.1 Å². The number of amides is 1. The summed E-state index contributed by atoms with van der Waals surface area (Å²) in [6.07, 6.45) is -0.271. The number of aromatic nitrogens is 2. The minimum absolute atomic E-state index is 0.232. The molecule has 8 heteroatoms. The average molecular weight is 347 g/mol. The van der Waals surface area contributed by atoms with Crippen LogP contribution in [0.5, 0.6) is 11.5 Å². The molecule has 0 aliphatic carbocycles. The van der Waals surface area contributed by atoms with E-state index >= 15 is 0 Å². The topological polar surface area (TPSA) is 103 Å². The number of rotatable bonds is 7. The van der Waals surface area contributed by atoms with Crippen molar-refractivity contribution in [1.82, 2.24) is 15.1 Å². The van der Waals surface area contributed by atoms with E-state index in [1.165, 1.54) is 14.2 Å². The third-order valence-corrected chi connectivity index (χ3v) is 3.84. The number of benzene rings is 1. The molecule has 0 aliphatic heterocycles. The van der Waals surface area contributed by atoms with Crippen LogP contribution < -0.4 is 14.8 Å². The summed E-state index contributed by atoms with van der Waals surface area (Å²) in [6, 6.07) is 5.92. The van der Waals surface area contributed by atoms with Gasteiger partial charge in [-0.2, -0.15) is 5.10 Å². The first-order chi connectivity index (χ1) is 11.8. The zero-order valence-electron chi connectivity index (χ0n) is 14.6. The van der Waals surface area contributed by atoms with Crippen molar-refractivity contribution in [1.29, 1.82) is 0 Å². The second-order valence-electron chi connectivity index (χ2n) is 5.53. The number of hydrogen-bond acceptors (Lipinski definition) is 5. The molecule has 0 fully saturated rings. The van der Waals surface area contributed by atoms with Crippen molar-refractivity contribution < 1.29 is 24.2 Å². The normalized spacial score (nSPS) is 11.7. The van der Waals surface area contributed by atoms with E-state index in [9.17, 15) is 14.7 Å². The molecule has 0 saturated heterocycles. The minimum Gasteiger partial charge on any atom is -0.493 e. The second-order valence-corrected chi connectivity index (χ2v) is 5.53. The van der Waals surface area contributed by atoms with Crippen molar-refractivity contribution in [2.24, 2.45) is 7.05 Å². The van der Waals surface area contributed by atoms with Crippen LogP contribution in [0, 0.1) is 6.92 Å². The number of carbonyl (C=O) groups excluding carboxylic acids is 1. The smallest absolute Gasteiger partial charge is 0.305 e. The molecule has 8 nitrogen and oxygen atoms in total. The molecule has 1 aromatic heterocycles. The van der Waals surface area contributed by atoms with Crippen LogP contribution in [0.2, 0.25) is 0 Å². The fourth-order valence-corrected chi connectivity index (χ4v) is 2.40. The molecule has 1 amide bonds. The Hall–Kier alpha value is -3.03. The highest BCUT2D eigenvalue weighted by Gasteiger charge is 2.22. The number of nitrogens with zero attached hydrogens (tertiary/aromatic N) is 2. The van der Waals surface area contributed by atoms with Gasteiger partial charge in [0.2, 0.25) is 0 Å². The predicted molar refractivity (Wildman–Crippen MR) is 90.0 cm³/mol. The van der Waals surface area contributed by atoms with Crippen molar-refractivity contribution in [2.75, 3.05) is 14.2 Å². The van der Waals surface area contributed by atoms with E-state index in [0.717, 1.165) is 5.69 Å². The molecule has 134 valence electrons. The van der Waals surface area contributed by atoms with Gasteiger partial charge in [-0.05, 0) is 30.7 Å². The van der Waals surface area contributed by atoms with Gasteiger partial charge >= 0.3 is 5.97 Å². The Labute approximate surface area is 145 Å². The molecular weight excluding hydrogens is 326 g/mol. The van der Waals surface area contributed by atoms with Crippen molar-refractivity contribution in [3.05, 3.63) is 41.2 Å². The molecule has 0 aliphatic rings. The van der Waals surface area contributed by atoms with Crippen LogP contribution in [-0.2, 0) is 11.8 Å². The predicted octanol–water partition coefficient (Wildman–Crippen LogP) is 1.69. The molecule has 1 aromatic carbocycles. The summed E-state index contributed by atoms with van der Waals surface area (Å²) in [6.45, 7) is 1.83. The van der Waals surface area contributed by atoms with Crippen LogP contribution in [0.4, 0.5) is 0 Å². The van der Waals surface area contributed by atoms with Crippen LogP contribution in [0.25, 0.3) is 0 Å². The lowest BCUT2D eigenvalue weighted by Crippen LogP contribution is -2.30. The monoisotopic (exact) mass is 347 g/mol. The summed E-state index contributed by atoms with van der Waals surface area (Å²) in [5, 5.41) is 16.0. The lowest BCUT2D eigenvalue weighted by molar-refractivity contribution is -0.137. The molecule has 0 bridgehead atoms. The Morgan fingerprint density at radius 3 is 2.44 bits per heavy atom. The van der Waals surface area contributed by atoms with E-state index in [4.69, 9.17) is 9.47 Å². The molecule has 25 heavy (non-hydrogen) atoms. The zero-order chi connectivity index (χ0) is 18.6. The highest BCUT2D eigenvalue weighted by atomic mass is 16.5. The number of carboxylic acid groups (broad SMARTS) is 1. The van der Waals surface area contributed by atoms with E-state index < -0.39 is 17.9 Å². The number of aryl methyl sites for hydroxylation is 2. The van der Waals surface area contributed by atoms with Crippen LogP contribution >= 0.6 is 0 Å². The lowest BCUT2D eigenvalue weighted by Gasteiger charge is -2.18. The van der Waals surface area contributed by atoms with Gasteiger partial charge in [0.25, 0.3) is 5.91 Å². The van der Waals surface area contributed by atoms with Crippen LogP contribution in [0.3, 0.4) is 0 Å². The summed E-state index contributed by atoms with van der Waals surface area (Å²) < 4.78 is 12.0. The minimum atomic E-state index is -1.03. The number of methoxy groups -OCH3 is 2. The number of carbonyl (C=O) groups is 2. The van der Waals surface area contributed by atoms with Gasteiger partial charge in [-0.15, -0.1) is 0 Å². The molecule has 1 atom stereocenters. The number of hydrogen-bond donors (Lipinski definition) is 2. The highest BCUT2D eigenvalue weighted by Crippen LogP contribution is 2.31. The Kier molecular flexibility index (Phi) is 5.63. The summed E-state index contributed by atoms with van der Waals surface area (Å²) in [7, 11) is 4.73. The third kappa shape index (κ3) is 4.28. The van der Waals surface area contributed by atoms with Gasteiger partial charge in [-0.3, -0.25) is 14.3 Å². The van der Waals surface area contributed by atoms with Crippen molar-refractivity contribution in [3.63, 3.8) is 0 Å². The number of nitrogens with one attached hydrogen (secondary N) is 1. The molecule has 2 aromatic rings. The maximum atomic E-state index is 12.4. The van der Waals surface area contributed by atoms with Crippen LogP contribution in [0.15, 0.2) is 24.3 Å². The average Bonchev–Trinajstić information content (AvgIpc) is 2.92. The molecule has 2 N–H and O–H groups in total. The van der Waals surface area contributed by atoms with Gasteiger partial charge in [0.1, 0.15) is 5.69 Å². The van der Waals surface area contributed by atoms with Crippen molar-refractivity contribution in [2.45, 2.75) is 19.4 Å². The van der Waals surface area contributed by atoms with Gasteiger partial charge in [0, 0.05) is 12.7 Å². The third-order valence-electron chi connectivity index (χ3n) is 3.84. The summed E-state index contributed by atoms with van der Waals surface area (Å²) in [5.41, 5.74) is 1.66. The Bertz CT molecular complexity index is 765. The number of aliphatic carboxylic acids is 1. The molecule has 0 spiro atoms. The van der Waals surface area contributed by atoms with Crippen LogP contribution in [-0.4, -0.2) is 41.0 Å². The first-order valence-electron chi connectivity index (χ1n) is 7.61. The first kappa shape index (κ1) is 18.3. The Morgan fingerprint density at radius 2 is 1.92 bits per heavy atom. The van der Waals surface area contributed by atoms with E-state index in [0.29, 0.717) is 17.1 Å². The summed E-state index contributed by atoms with van der Waals surface area (Å²) >= 11 is 0. The molecular formula is C17H21N3O5. The number of carboxylic acids is 1. The zero-order valence-corrected chi connectivity index (χ0v) is 14.6. The van der Waals surface area contributed by atoms with Crippen molar-refractivity contribution in [3.8, 4) is 11.5 Å². The van der Waals surface area contributed by atoms with E-state index in [2.05, 4.69) is 10.4 Å². The maximum Gasteiger partial charge on any atom is 0.305 e. The van der Waals surface area contributed by atoms with Crippen LogP contribution in [0.1, 0.15) is 34.2 Å². The fraction of sp³-hybridized carbons (Fsp3) is 0.353. The molecule has 0 saturated carbocycles.